The molecule has 3 rings (SSSR count). The van der Waals surface area contributed by atoms with Gasteiger partial charge in [-0.1, -0.05) is 30.0 Å². The Morgan fingerprint density at radius 2 is 1.91 bits per heavy atom. The summed E-state index contributed by atoms with van der Waals surface area (Å²) >= 11 is 1.16. The van der Waals surface area contributed by atoms with Crippen LogP contribution in [0.2, 0.25) is 0 Å². The summed E-state index contributed by atoms with van der Waals surface area (Å²) in [6.07, 6.45) is 3.18. The fourth-order valence-corrected chi connectivity index (χ4v) is 2.50. The van der Waals surface area contributed by atoms with E-state index in [1.807, 2.05) is 6.07 Å². The van der Waals surface area contributed by atoms with Crippen LogP contribution < -0.4 is 10.3 Å². The van der Waals surface area contributed by atoms with E-state index >= 15 is 0 Å². The zero-order valence-corrected chi connectivity index (χ0v) is 12.1. The lowest BCUT2D eigenvalue weighted by Gasteiger charge is -1.96. The quantitative estimate of drug-likeness (QED) is 0.327. The second-order valence-corrected chi connectivity index (χ2v) is 5.19. The first-order valence-corrected chi connectivity index (χ1v) is 7.36. The third-order valence-corrected chi connectivity index (χ3v) is 3.68. The van der Waals surface area contributed by atoms with E-state index in [1.165, 1.54) is 4.68 Å². The van der Waals surface area contributed by atoms with Crippen molar-refractivity contribution in [2.24, 2.45) is 0 Å². The van der Waals surface area contributed by atoms with Gasteiger partial charge >= 0.3 is 11.3 Å². The van der Waals surface area contributed by atoms with Crippen LogP contribution in [0.1, 0.15) is 10.5 Å². The molecular formula is C14H11N4O3S+. The monoisotopic (exact) mass is 315 g/mol. The van der Waals surface area contributed by atoms with E-state index in [0.29, 0.717) is 10.8 Å². The van der Waals surface area contributed by atoms with Crippen molar-refractivity contribution in [1.29, 1.82) is 0 Å². The van der Waals surface area contributed by atoms with E-state index in [9.17, 15) is 9.59 Å². The molecule has 22 heavy (non-hydrogen) atoms. The minimum atomic E-state index is -0.705. The highest BCUT2D eigenvalue weighted by Gasteiger charge is 2.30. The molecule has 0 spiro atoms. The predicted molar refractivity (Wildman–Crippen MR) is 77.9 cm³/mol. The summed E-state index contributed by atoms with van der Waals surface area (Å²) in [5.74, 6) is -0.323. The number of para-hydroxylation sites is 1. The summed E-state index contributed by atoms with van der Waals surface area (Å²) in [4.78, 5) is 32.1. The maximum absolute atomic E-state index is 12.3. The number of hydrogen-bond acceptors (Lipinski definition) is 6. The number of thioether (sulfide) groups is 1. The molecule has 7 nitrogen and oxygen atoms in total. The number of benzene rings is 1. The third-order valence-electron chi connectivity index (χ3n) is 2.80. The van der Waals surface area contributed by atoms with Crippen LogP contribution in [0.25, 0.3) is 5.69 Å². The van der Waals surface area contributed by atoms with Gasteiger partial charge in [0.15, 0.2) is 5.16 Å². The molecule has 0 bridgehead atoms. The van der Waals surface area contributed by atoms with Gasteiger partial charge in [-0.2, -0.15) is 0 Å². The molecule has 0 amide bonds. The maximum atomic E-state index is 12.3. The van der Waals surface area contributed by atoms with Crippen molar-refractivity contribution >= 4 is 17.5 Å². The number of carbonyl (C=O) groups is 1. The van der Waals surface area contributed by atoms with Crippen molar-refractivity contribution in [2.45, 2.75) is 5.16 Å². The van der Waals surface area contributed by atoms with Crippen molar-refractivity contribution in [3.8, 4) is 5.69 Å². The highest BCUT2D eigenvalue weighted by atomic mass is 32.2. The van der Waals surface area contributed by atoms with Crippen molar-refractivity contribution < 1.29 is 14.0 Å². The smallest absolute Gasteiger partial charge is 0.286 e. The van der Waals surface area contributed by atoms with Gasteiger partial charge in [-0.25, -0.2) is 14.8 Å². The van der Waals surface area contributed by atoms with E-state index in [4.69, 9.17) is 4.52 Å². The van der Waals surface area contributed by atoms with Crippen LogP contribution in [0.15, 0.2) is 63.3 Å². The lowest BCUT2D eigenvalue weighted by atomic mass is 10.3. The second kappa shape index (κ2) is 6.35. The average Bonchev–Trinajstić information content (AvgIpc) is 2.96. The van der Waals surface area contributed by atoms with E-state index in [0.717, 1.165) is 11.8 Å². The summed E-state index contributed by atoms with van der Waals surface area (Å²) in [6, 6.07) is 10.6. The van der Waals surface area contributed by atoms with Crippen LogP contribution in [0.5, 0.6) is 0 Å². The first kappa shape index (κ1) is 14.2. The number of aromatic amines is 1. The number of ketones is 1. The van der Waals surface area contributed by atoms with Crippen LogP contribution in [-0.2, 0) is 0 Å². The average molecular weight is 315 g/mol. The number of Topliss-reactive ketones (excluding diaryl/α,β-unsaturated/α-hetero) is 1. The fourth-order valence-electron chi connectivity index (χ4n) is 1.83. The maximum Gasteiger partial charge on any atom is 0.438 e. The number of nitrogens with one attached hydrogen (secondary N) is 1. The zero-order chi connectivity index (χ0) is 15.4. The third kappa shape index (κ3) is 2.96. The van der Waals surface area contributed by atoms with Gasteiger partial charge in [0.05, 0.1) is 5.75 Å². The molecule has 0 atom stereocenters. The molecule has 0 fully saturated rings. The number of nitrogens with zero attached hydrogens (tertiary/aromatic N) is 3. The van der Waals surface area contributed by atoms with Gasteiger partial charge in [-0.3, -0.25) is 9.32 Å². The molecule has 110 valence electrons. The molecule has 0 aliphatic carbocycles. The molecule has 0 saturated carbocycles. The van der Waals surface area contributed by atoms with Gasteiger partial charge in [0.2, 0.25) is 11.5 Å². The Morgan fingerprint density at radius 1 is 1.18 bits per heavy atom. The SMILES string of the molecule is O=C(CSc1ncccn1)c1c(=O)o[nH][n+]1-c1ccccc1. The molecule has 2 heterocycles. The van der Waals surface area contributed by atoms with Crippen LogP contribution in [0.4, 0.5) is 0 Å². The highest BCUT2D eigenvalue weighted by Crippen LogP contribution is 2.12. The minimum absolute atomic E-state index is 0.0411. The lowest BCUT2D eigenvalue weighted by Crippen LogP contribution is -2.41. The molecule has 0 saturated heterocycles. The summed E-state index contributed by atoms with van der Waals surface area (Å²) in [6.45, 7) is 0. The Kier molecular flexibility index (Phi) is 4.10. The standard InChI is InChI=1S/C14H10N4O3S/c19-11(9-22-14-15-7-4-8-16-14)12-13(20)21-17-18(12)10-5-2-1-3-6-10/h1-8H,9H2/p+1. The van der Waals surface area contributed by atoms with Gasteiger partial charge in [-0.05, 0) is 16.0 Å². The van der Waals surface area contributed by atoms with Crippen molar-refractivity contribution in [3.05, 3.63) is 64.9 Å². The molecule has 2 aromatic heterocycles. The van der Waals surface area contributed by atoms with Gasteiger partial charge in [0.1, 0.15) is 0 Å². The fraction of sp³-hybridized carbons (Fsp3) is 0.0714. The molecule has 0 aliphatic heterocycles. The highest BCUT2D eigenvalue weighted by molar-refractivity contribution is 7.99. The van der Waals surface area contributed by atoms with Crippen LogP contribution in [0.3, 0.4) is 0 Å². The number of hydrogen-bond donors (Lipinski definition) is 1. The molecule has 1 aromatic carbocycles. The van der Waals surface area contributed by atoms with Gasteiger partial charge in [-0.15, -0.1) is 0 Å². The Hall–Kier alpha value is -2.74. The molecule has 8 heteroatoms. The Labute approximate surface area is 129 Å². The summed E-state index contributed by atoms with van der Waals surface area (Å²) in [7, 11) is 0. The molecule has 0 unspecified atom stereocenters. The van der Waals surface area contributed by atoms with Crippen molar-refractivity contribution in [2.75, 3.05) is 5.75 Å². The predicted octanol–water partition coefficient (Wildman–Crippen LogP) is 1.01. The second-order valence-electron chi connectivity index (χ2n) is 4.24. The van der Waals surface area contributed by atoms with Crippen LogP contribution in [0, 0.1) is 0 Å². The molecule has 3 aromatic rings. The molecular weight excluding hydrogens is 304 g/mol. The zero-order valence-electron chi connectivity index (χ0n) is 11.3. The normalized spacial score (nSPS) is 10.5. The Morgan fingerprint density at radius 3 is 2.64 bits per heavy atom. The van der Waals surface area contributed by atoms with Crippen molar-refractivity contribution in [1.82, 2.24) is 15.2 Å². The van der Waals surface area contributed by atoms with Gasteiger partial charge in [0.25, 0.3) is 0 Å². The number of carbonyl (C=O) groups excluding carboxylic acids is 1. The van der Waals surface area contributed by atoms with Crippen LogP contribution in [-0.4, -0.2) is 26.8 Å². The van der Waals surface area contributed by atoms with Gasteiger partial charge in [0, 0.05) is 24.5 Å². The van der Waals surface area contributed by atoms with Crippen LogP contribution >= 0.6 is 11.8 Å². The Balaban J connectivity index is 1.84. The van der Waals surface area contributed by atoms with Crippen molar-refractivity contribution in [3.63, 3.8) is 0 Å². The number of aromatic nitrogens is 4. The topological polar surface area (TPSA) is 92.7 Å². The first-order chi connectivity index (χ1) is 10.8. The summed E-state index contributed by atoms with van der Waals surface area (Å²) < 4.78 is 6.07. The number of H-pyrrole nitrogens is 1. The van der Waals surface area contributed by atoms with E-state index in [2.05, 4.69) is 15.2 Å². The van der Waals surface area contributed by atoms with Gasteiger partial charge < -0.3 is 0 Å². The van der Waals surface area contributed by atoms with E-state index in [1.54, 1.807) is 42.7 Å². The largest absolute Gasteiger partial charge is 0.438 e. The minimum Gasteiger partial charge on any atom is -0.286 e. The molecule has 0 aliphatic rings. The van der Waals surface area contributed by atoms with E-state index in [-0.39, 0.29) is 17.2 Å². The first-order valence-electron chi connectivity index (χ1n) is 6.37. The molecule has 0 radical (unpaired) electrons. The molecule has 1 N–H and O–H groups in total. The lowest BCUT2D eigenvalue weighted by molar-refractivity contribution is -0.672. The number of rotatable bonds is 5. The Bertz CT molecular complexity index is 830. The summed E-state index contributed by atoms with van der Waals surface area (Å²) in [5, 5.41) is 2.91. The summed E-state index contributed by atoms with van der Waals surface area (Å²) in [5.41, 5.74) is -0.129. The van der Waals surface area contributed by atoms with E-state index < -0.39 is 5.63 Å².